The molecule has 0 aliphatic heterocycles. The molecule has 0 saturated carbocycles. The standard InChI is InChI=1S/C4H11N3.CH4/c1-2-3-7-4(5)6;/h2-3H2,1H3,(H4,5,6,7);1H4. The van der Waals surface area contributed by atoms with Gasteiger partial charge in [0.15, 0.2) is 5.96 Å². The Morgan fingerprint density at radius 3 is 2.12 bits per heavy atom. The van der Waals surface area contributed by atoms with Crippen LogP contribution < -0.4 is 11.5 Å². The summed E-state index contributed by atoms with van der Waals surface area (Å²) in [5.74, 6) is 0.182. The Labute approximate surface area is 50.8 Å². The lowest BCUT2D eigenvalue weighted by Gasteiger charge is -1.86. The van der Waals surface area contributed by atoms with Crippen LogP contribution in [0.15, 0.2) is 4.99 Å². The zero-order valence-corrected chi connectivity index (χ0v) is 4.52. The molecule has 0 bridgehead atoms. The van der Waals surface area contributed by atoms with Crippen LogP contribution in [0.1, 0.15) is 20.8 Å². The summed E-state index contributed by atoms with van der Waals surface area (Å²) in [6, 6.07) is 0. The quantitative estimate of drug-likeness (QED) is 0.403. The third kappa shape index (κ3) is 8.99. The van der Waals surface area contributed by atoms with Crippen LogP contribution >= 0.6 is 0 Å². The van der Waals surface area contributed by atoms with Crippen LogP contribution in [0.3, 0.4) is 0 Å². The van der Waals surface area contributed by atoms with Crippen LogP contribution in [0.4, 0.5) is 0 Å². The number of rotatable bonds is 2. The summed E-state index contributed by atoms with van der Waals surface area (Å²) in [6.45, 7) is 2.76. The summed E-state index contributed by atoms with van der Waals surface area (Å²) in [6.07, 6.45) is 0.998. The van der Waals surface area contributed by atoms with Crippen LogP contribution in [0.25, 0.3) is 0 Å². The van der Waals surface area contributed by atoms with Gasteiger partial charge in [0.25, 0.3) is 0 Å². The molecule has 0 heterocycles. The van der Waals surface area contributed by atoms with E-state index in [0.717, 1.165) is 13.0 Å². The number of hydrogen-bond acceptors (Lipinski definition) is 1. The first kappa shape index (κ1) is 10.3. The van der Waals surface area contributed by atoms with Gasteiger partial charge in [-0.25, -0.2) is 0 Å². The molecule has 0 fully saturated rings. The Bertz CT molecular complexity index is 64.1. The van der Waals surface area contributed by atoms with E-state index in [-0.39, 0.29) is 13.4 Å². The molecule has 0 saturated heterocycles. The van der Waals surface area contributed by atoms with Gasteiger partial charge in [-0.15, -0.1) is 0 Å². The smallest absolute Gasteiger partial charge is 0.185 e. The molecule has 50 valence electrons. The molecular weight excluding hydrogens is 102 g/mol. The summed E-state index contributed by atoms with van der Waals surface area (Å²) in [7, 11) is 0. The largest absolute Gasteiger partial charge is 0.370 e. The maximum Gasteiger partial charge on any atom is 0.185 e. The minimum absolute atomic E-state index is 0. The van der Waals surface area contributed by atoms with Gasteiger partial charge in [-0.1, -0.05) is 14.4 Å². The molecule has 3 heteroatoms. The molecule has 0 aliphatic carbocycles. The van der Waals surface area contributed by atoms with E-state index in [1.807, 2.05) is 6.92 Å². The minimum atomic E-state index is 0. The zero-order valence-electron chi connectivity index (χ0n) is 4.52. The summed E-state index contributed by atoms with van der Waals surface area (Å²) in [5, 5.41) is 0. The fraction of sp³-hybridized carbons (Fsp3) is 0.800. The Balaban J connectivity index is 0. The monoisotopic (exact) mass is 117 g/mol. The van der Waals surface area contributed by atoms with Crippen molar-refractivity contribution in [3.05, 3.63) is 0 Å². The van der Waals surface area contributed by atoms with Crippen LogP contribution in [0, 0.1) is 0 Å². The Hall–Kier alpha value is -0.730. The normalized spacial score (nSPS) is 7.12. The highest BCUT2D eigenvalue weighted by atomic mass is 15.0. The first-order valence-corrected chi connectivity index (χ1v) is 2.32. The van der Waals surface area contributed by atoms with Gasteiger partial charge >= 0.3 is 0 Å². The lowest BCUT2D eigenvalue weighted by Crippen LogP contribution is -2.22. The predicted molar refractivity (Wildman–Crippen MR) is 37.7 cm³/mol. The van der Waals surface area contributed by atoms with Crippen LogP contribution in [-0.2, 0) is 0 Å². The highest BCUT2D eigenvalue weighted by molar-refractivity contribution is 5.75. The number of aliphatic imine (C=N–C) groups is 1. The molecule has 0 spiro atoms. The third-order valence-electron chi connectivity index (χ3n) is 0.518. The molecular formula is C5H15N3. The fourth-order valence-corrected chi connectivity index (χ4v) is 0.241. The molecule has 0 aromatic heterocycles. The van der Waals surface area contributed by atoms with E-state index in [1.165, 1.54) is 0 Å². The van der Waals surface area contributed by atoms with Crippen LogP contribution in [0.2, 0.25) is 0 Å². The van der Waals surface area contributed by atoms with E-state index in [4.69, 9.17) is 11.5 Å². The topological polar surface area (TPSA) is 64.4 Å². The molecule has 3 nitrogen and oxygen atoms in total. The molecule has 0 aromatic carbocycles. The van der Waals surface area contributed by atoms with Crippen molar-refractivity contribution in [3.8, 4) is 0 Å². The summed E-state index contributed by atoms with van der Waals surface area (Å²) in [5.41, 5.74) is 10.0. The Morgan fingerprint density at radius 1 is 1.50 bits per heavy atom. The van der Waals surface area contributed by atoms with Crippen molar-refractivity contribution in [2.75, 3.05) is 6.54 Å². The SMILES string of the molecule is C.CCCN=C(N)N. The molecule has 0 radical (unpaired) electrons. The van der Waals surface area contributed by atoms with Crippen LogP contribution in [-0.4, -0.2) is 12.5 Å². The number of nitrogens with two attached hydrogens (primary N) is 2. The average molecular weight is 117 g/mol. The molecule has 0 rings (SSSR count). The number of guanidine groups is 1. The summed E-state index contributed by atoms with van der Waals surface area (Å²) in [4.78, 5) is 3.72. The van der Waals surface area contributed by atoms with Crippen molar-refractivity contribution in [1.82, 2.24) is 0 Å². The first-order chi connectivity index (χ1) is 3.27. The zero-order chi connectivity index (χ0) is 5.70. The second-order valence-corrected chi connectivity index (χ2v) is 1.31. The van der Waals surface area contributed by atoms with Crippen molar-refractivity contribution in [2.24, 2.45) is 16.5 Å². The van der Waals surface area contributed by atoms with Gasteiger partial charge in [-0.3, -0.25) is 4.99 Å². The van der Waals surface area contributed by atoms with E-state index in [1.54, 1.807) is 0 Å². The second-order valence-electron chi connectivity index (χ2n) is 1.31. The number of nitrogens with zero attached hydrogens (tertiary/aromatic N) is 1. The molecule has 8 heavy (non-hydrogen) atoms. The van der Waals surface area contributed by atoms with Gasteiger partial charge in [-0.05, 0) is 6.42 Å². The highest BCUT2D eigenvalue weighted by Gasteiger charge is 1.74. The van der Waals surface area contributed by atoms with E-state index >= 15 is 0 Å². The lowest BCUT2D eigenvalue weighted by atomic mass is 10.5. The van der Waals surface area contributed by atoms with Crippen molar-refractivity contribution in [1.29, 1.82) is 0 Å². The molecule has 0 atom stereocenters. The van der Waals surface area contributed by atoms with Crippen LogP contribution in [0.5, 0.6) is 0 Å². The Kier molecular flexibility index (Phi) is 8.07. The first-order valence-electron chi connectivity index (χ1n) is 2.32. The molecule has 0 aromatic rings. The summed E-state index contributed by atoms with van der Waals surface area (Å²) >= 11 is 0. The van der Waals surface area contributed by atoms with Gasteiger partial charge in [0.1, 0.15) is 0 Å². The second kappa shape index (κ2) is 6.27. The molecule has 0 unspecified atom stereocenters. The van der Waals surface area contributed by atoms with Gasteiger partial charge in [0.2, 0.25) is 0 Å². The van der Waals surface area contributed by atoms with Crippen molar-refractivity contribution in [2.45, 2.75) is 20.8 Å². The van der Waals surface area contributed by atoms with E-state index < -0.39 is 0 Å². The van der Waals surface area contributed by atoms with Crippen molar-refractivity contribution in [3.63, 3.8) is 0 Å². The van der Waals surface area contributed by atoms with Crippen molar-refractivity contribution >= 4 is 5.96 Å². The van der Waals surface area contributed by atoms with E-state index in [9.17, 15) is 0 Å². The van der Waals surface area contributed by atoms with Gasteiger partial charge in [0, 0.05) is 6.54 Å². The molecule has 0 amide bonds. The lowest BCUT2D eigenvalue weighted by molar-refractivity contribution is 0.927. The summed E-state index contributed by atoms with van der Waals surface area (Å²) < 4.78 is 0. The predicted octanol–water partition coefficient (Wildman–Crippen LogP) is 0.306. The Morgan fingerprint density at radius 2 is 2.00 bits per heavy atom. The van der Waals surface area contributed by atoms with Crippen molar-refractivity contribution < 1.29 is 0 Å². The van der Waals surface area contributed by atoms with Gasteiger partial charge < -0.3 is 11.5 Å². The van der Waals surface area contributed by atoms with Gasteiger partial charge in [0.05, 0.1) is 0 Å². The maximum atomic E-state index is 5.01. The molecule has 4 N–H and O–H groups in total. The van der Waals surface area contributed by atoms with E-state index in [2.05, 4.69) is 4.99 Å². The van der Waals surface area contributed by atoms with Gasteiger partial charge in [-0.2, -0.15) is 0 Å². The minimum Gasteiger partial charge on any atom is -0.370 e. The average Bonchev–Trinajstić information content (AvgIpc) is 1.61. The highest BCUT2D eigenvalue weighted by Crippen LogP contribution is 1.73. The molecule has 0 aliphatic rings. The number of hydrogen-bond donors (Lipinski definition) is 2. The fourth-order valence-electron chi connectivity index (χ4n) is 0.241. The van der Waals surface area contributed by atoms with E-state index in [0.29, 0.717) is 0 Å². The third-order valence-corrected chi connectivity index (χ3v) is 0.518. The maximum absolute atomic E-state index is 5.01.